The molecule has 0 saturated carbocycles. The van der Waals surface area contributed by atoms with E-state index in [1.807, 2.05) is 73.7 Å². The molecular weight excluding hydrogens is 336 g/mol. The molecule has 6 heteroatoms. The van der Waals surface area contributed by atoms with Gasteiger partial charge in [-0.2, -0.15) is 10.5 Å². The first-order valence-corrected chi connectivity index (χ1v) is 8.22. The number of nitrogens with zero attached hydrogens (tertiary/aromatic N) is 4. The third-order valence-electron chi connectivity index (χ3n) is 3.81. The molecule has 0 aliphatic rings. The van der Waals surface area contributed by atoms with Gasteiger partial charge in [0.05, 0.1) is 0 Å². The molecule has 0 fully saturated rings. The Morgan fingerprint density at radius 2 is 1.85 bits per heavy atom. The van der Waals surface area contributed by atoms with E-state index in [4.69, 9.17) is 10.5 Å². The van der Waals surface area contributed by atoms with Crippen LogP contribution in [0.15, 0.2) is 72.6 Å². The number of allylic oxidation sites excluding steroid dienone is 1. The van der Waals surface area contributed by atoms with Crippen molar-refractivity contribution in [1.29, 1.82) is 10.5 Å². The molecule has 2 aromatic carbocycles. The van der Waals surface area contributed by atoms with Gasteiger partial charge in [0, 0.05) is 29.3 Å². The summed E-state index contributed by atoms with van der Waals surface area (Å²) in [7, 11) is 0. The van der Waals surface area contributed by atoms with Crippen LogP contribution in [0, 0.1) is 29.6 Å². The zero-order chi connectivity index (χ0) is 19.1. The number of benzene rings is 2. The minimum atomic E-state index is 0.00100. The molecule has 0 aliphatic carbocycles. The number of para-hydroxylation sites is 1. The van der Waals surface area contributed by atoms with Crippen LogP contribution >= 0.6 is 0 Å². The Hall–Kier alpha value is -4.16. The third kappa shape index (κ3) is 4.47. The summed E-state index contributed by atoms with van der Waals surface area (Å²) in [6.45, 7) is 2.03. The number of hydrogen-bond donors (Lipinski definition) is 2. The molecule has 0 amide bonds. The summed E-state index contributed by atoms with van der Waals surface area (Å²) in [5, 5.41) is 23.8. The van der Waals surface area contributed by atoms with Crippen molar-refractivity contribution in [2.45, 2.75) is 6.92 Å². The molecule has 27 heavy (non-hydrogen) atoms. The van der Waals surface area contributed by atoms with E-state index in [0.717, 1.165) is 22.5 Å². The fourth-order valence-corrected chi connectivity index (χ4v) is 2.41. The molecule has 1 aromatic heterocycles. The second-order valence-electron chi connectivity index (χ2n) is 5.71. The van der Waals surface area contributed by atoms with Crippen LogP contribution < -0.4 is 10.6 Å². The number of aromatic nitrogens is 2. The Morgan fingerprint density at radius 1 is 1.04 bits per heavy atom. The predicted octanol–water partition coefficient (Wildman–Crippen LogP) is 4.54. The van der Waals surface area contributed by atoms with Crippen molar-refractivity contribution in [3.8, 4) is 23.5 Å². The lowest BCUT2D eigenvalue weighted by Crippen LogP contribution is -1.98. The highest BCUT2D eigenvalue weighted by Crippen LogP contribution is 2.23. The van der Waals surface area contributed by atoms with E-state index in [2.05, 4.69) is 20.6 Å². The fourth-order valence-electron chi connectivity index (χ4n) is 2.41. The smallest absolute Gasteiger partial charge is 0.161 e. The molecule has 0 aliphatic heterocycles. The largest absolute Gasteiger partial charge is 0.360 e. The summed E-state index contributed by atoms with van der Waals surface area (Å²) in [4.78, 5) is 8.92. The van der Waals surface area contributed by atoms with Gasteiger partial charge >= 0.3 is 0 Å². The maximum absolute atomic E-state index is 8.80. The first-order valence-electron chi connectivity index (χ1n) is 8.22. The molecule has 1 heterocycles. The van der Waals surface area contributed by atoms with E-state index >= 15 is 0 Å². The Balaban J connectivity index is 1.84. The minimum Gasteiger partial charge on any atom is -0.360 e. The van der Waals surface area contributed by atoms with Gasteiger partial charge in [0.2, 0.25) is 0 Å². The van der Waals surface area contributed by atoms with Gasteiger partial charge in [0.15, 0.2) is 5.82 Å². The first-order chi connectivity index (χ1) is 13.2. The zero-order valence-electron chi connectivity index (χ0n) is 14.6. The topological polar surface area (TPSA) is 97.4 Å². The molecule has 0 radical (unpaired) electrons. The van der Waals surface area contributed by atoms with Crippen LogP contribution in [-0.2, 0) is 0 Å². The summed E-state index contributed by atoms with van der Waals surface area (Å²) in [5.74, 6) is 1.27. The number of anilines is 3. The van der Waals surface area contributed by atoms with Gasteiger partial charge in [-0.25, -0.2) is 9.97 Å². The lowest BCUT2D eigenvalue weighted by Gasteiger charge is -2.10. The lowest BCUT2D eigenvalue weighted by molar-refractivity contribution is 1.17. The number of aryl methyl sites for hydroxylation is 1. The summed E-state index contributed by atoms with van der Waals surface area (Å²) < 4.78 is 0. The van der Waals surface area contributed by atoms with Crippen LogP contribution in [0.1, 0.15) is 5.56 Å². The summed E-state index contributed by atoms with van der Waals surface area (Å²) in [6.07, 6.45) is 3.07. The van der Waals surface area contributed by atoms with Gasteiger partial charge in [0.1, 0.15) is 23.5 Å². The Morgan fingerprint density at radius 3 is 2.63 bits per heavy atom. The number of nitrogens with one attached hydrogen (secondary N) is 2. The van der Waals surface area contributed by atoms with E-state index in [-0.39, 0.29) is 5.57 Å². The molecule has 0 spiro atoms. The van der Waals surface area contributed by atoms with Crippen LogP contribution in [0.3, 0.4) is 0 Å². The molecule has 6 nitrogen and oxygen atoms in total. The summed E-state index contributed by atoms with van der Waals surface area (Å²) in [6, 6.07) is 20.9. The number of rotatable bonds is 5. The maximum atomic E-state index is 8.80. The Labute approximate surface area is 157 Å². The van der Waals surface area contributed by atoms with E-state index in [1.54, 1.807) is 6.20 Å². The Kier molecular flexibility index (Phi) is 5.42. The summed E-state index contributed by atoms with van der Waals surface area (Å²) >= 11 is 0. The molecule has 3 aromatic rings. The summed E-state index contributed by atoms with van der Waals surface area (Å²) in [5.41, 5.74) is 3.67. The molecule has 130 valence electrons. The van der Waals surface area contributed by atoms with Gasteiger partial charge in [-0.15, -0.1) is 0 Å². The molecule has 0 atom stereocenters. The van der Waals surface area contributed by atoms with Crippen LogP contribution in [0.25, 0.3) is 11.4 Å². The standard InChI is InChI=1S/C21H16N6/c1-15-5-2-3-8-19(15)26-20-9-10-24-21(27-20)17-6-4-7-18(11-17)25-14-16(12-22)13-23/h2-11,14,25H,1H3,(H,24,26,27). The molecule has 0 bridgehead atoms. The van der Waals surface area contributed by atoms with Crippen LogP contribution in [0.4, 0.5) is 17.2 Å². The normalized spacial score (nSPS) is 9.59. The third-order valence-corrected chi connectivity index (χ3v) is 3.81. The van der Waals surface area contributed by atoms with Gasteiger partial charge in [0.25, 0.3) is 0 Å². The van der Waals surface area contributed by atoms with Crippen molar-refractivity contribution in [2.24, 2.45) is 0 Å². The van der Waals surface area contributed by atoms with Gasteiger partial charge in [-0.3, -0.25) is 0 Å². The van der Waals surface area contributed by atoms with Gasteiger partial charge < -0.3 is 10.6 Å². The van der Waals surface area contributed by atoms with Gasteiger partial charge in [-0.1, -0.05) is 30.3 Å². The molecular formula is C21H16N6. The second-order valence-corrected chi connectivity index (χ2v) is 5.71. The highest BCUT2D eigenvalue weighted by molar-refractivity contribution is 5.66. The average molecular weight is 352 g/mol. The van der Waals surface area contributed by atoms with Gasteiger partial charge in [-0.05, 0) is 36.8 Å². The minimum absolute atomic E-state index is 0.00100. The van der Waals surface area contributed by atoms with Crippen molar-refractivity contribution in [2.75, 3.05) is 10.6 Å². The zero-order valence-corrected chi connectivity index (χ0v) is 14.6. The van der Waals surface area contributed by atoms with Crippen molar-refractivity contribution in [3.05, 3.63) is 78.1 Å². The molecule has 0 unspecified atom stereocenters. The van der Waals surface area contributed by atoms with Crippen molar-refractivity contribution >= 4 is 17.2 Å². The monoisotopic (exact) mass is 352 g/mol. The Bertz CT molecular complexity index is 1060. The van der Waals surface area contributed by atoms with Crippen LogP contribution in [-0.4, -0.2) is 9.97 Å². The predicted molar refractivity (Wildman–Crippen MR) is 105 cm³/mol. The SMILES string of the molecule is Cc1ccccc1Nc1ccnc(-c2cccc(NC=C(C#N)C#N)c2)n1. The maximum Gasteiger partial charge on any atom is 0.161 e. The molecule has 2 N–H and O–H groups in total. The first kappa shape index (κ1) is 17.7. The van der Waals surface area contributed by atoms with E-state index in [1.165, 1.54) is 6.20 Å². The molecule has 3 rings (SSSR count). The average Bonchev–Trinajstić information content (AvgIpc) is 2.71. The van der Waals surface area contributed by atoms with E-state index in [0.29, 0.717) is 11.6 Å². The lowest BCUT2D eigenvalue weighted by atomic mass is 10.2. The number of hydrogen-bond acceptors (Lipinski definition) is 6. The second kappa shape index (κ2) is 8.28. The number of nitriles is 2. The van der Waals surface area contributed by atoms with Crippen molar-refractivity contribution < 1.29 is 0 Å². The van der Waals surface area contributed by atoms with Crippen molar-refractivity contribution in [3.63, 3.8) is 0 Å². The van der Waals surface area contributed by atoms with E-state index in [9.17, 15) is 0 Å². The highest BCUT2D eigenvalue weighted by Gasteiger charge is 2.05. The fraction of sp³-hybridized carbons (Fsp3) is 0.0476. The highest BCUT2D eigenvalue weighted by atomic mass is 15.0. The molecule has 0 saturated heterocycles. The van der Waals surface area contributed by atoms with Crippen molar-refractivity contribution in [1.82, 2.24) is 9.97 Å². The van der Waals surface area contributed by atoms with E-state index < -0.39 is 0 Å². The van der Waals surface area contributed by atoms with Crippen LogP contribution in [0.5, 0.6) is 0 Å². The van der Waals surface area contributed by atoms with Crippen LogP contribution in [0.2, 0.25) is 0 Å². The quantitative estimate of drug-likeness (QED) is 0.654.